The molecule has 0 aliphatic carbocycles. The van der Waals surface area contributed by atoms with Crippen molar-refractivity contribution in [3.05, 3.63) is 0 Å². The maximum atomic E-state index is 11.7. The second kappa shape index (κ2) is 8.44. The lowest BCUT2D eigenvalue weighted by Crippen LogP contribution is -2.55. The van der Waals surface area contributed by atoms with E-state index >= 15 is 0 Å². The molecule has 1 unspecified atom stereocenters. The van der Waals surface area contributed by atoms with Crippen LogP contribution in [0.1, 0.15) is 20.3 Å². The van der Waals surface area contributed by atoms with Gasteiger partial charge in [-0.1, -0.05) is 13.8 Å². The minimum atomic E-state index is -0.0830. The minimum absolute atomic E-state index is 0.0830. The smallest absolute Gasteiger partial charge is 0.238 e. The minimum Gasteiger partial charge on any atom is -0.381 e. The van der Waals surface area contributed by atoms with Gasteiger partial charge in [-0.15, -0.1) is 0 Å². The number of nitrogens with one attached hydrogen (secondary N) is 3. The molecule has 17 heavy (non-hydrogen) atoms. The van der Waals surface area contributed by atoms with Crippen LogP contribution in [0.25, 0.3) is 0 Å². The number of piperazine rings is 1. The second-order valence-corrected chi connectivity index (χ2v) is 4.82. The van der Waals surface area contributed by atoms with Crippen LogP contribution in [0, 0.1) is 5.92 Å². The third-order valence-corrected chi connectivity index (χ3v) is 2.57. The molecule has 1 fully saturated rings. The average molecular weight is 243 g/mol. The van der Waals surface area contributed by atoms with Gasteiger partial charge in [0.25, 0.3) is 0 Å². The molecule has 1 aliphatic rings. The first-order chi connectivity index (χ1) is 8.20. The Kier molecular flexibility index (Phi) is 7.16. The topological polar surface area (TPSA) is 62.4 Å². The van der Waals surface area contributed by atoms with Gasteiger partial charge in [0.2, 0.25) is 5.91 Å². The first-order valence-corrected chi connectivity index (χ1v) is 6.49. The van der Waals surface area contributed by atoms with Crippen molar-refractivity contribution >= 4 is 5.91 Å². The van der Waals surface area contributed by atoms with Gasteiger partial charge in [-0.25, -0.2) is 0 Å². The molecule has 1 aliphatic heterocycles. The van der Waals surface area contributed by atoms with E-state index in [-0.39, 0.29) is 11.9 Å². The van der Waals surface area contributed by atoms with Gasteiger partial charge in [0, 0.05) is 39.4 Å². The van der Waals surface area contributed by atoms with Crippen LogP contribution in [0.4, 0.5) is 0 Å². The van der Waals surface area contributed by atoms with Crippen LogP contribution >= 0.6 is 0 Å². The maximum absolute atomic E-state index is 11.7. The van der Waals surface area contributed by atoms with E-state index in [1.54, 1.807) is 0 Å². The summed E-state index contributed by atoms with van der Waals surface area (Å²) in [5.41, 5.74) is 0. The van der Waals surface area contributed by atoms with Crippen molar-refractivity contribution in [3.63, 3.8) is 0 Å². The molecule has 0 aromatic carbocycles. The van der Waals surface area contributed by atoms with E-state index < -0.39 is 0 Å². The van der Waals surface area contributed by atoms with E-state index in [2.05, 4.69) is 29.8 Å². The van der Waals surface area contributed by atoms with E-state index in [4.69, 9.17) is 4.74 Å². The van der Waals surface area contributed by atoms with E-state index in [0.29, 0.717) is 12.5 Å². The van der Waals surface area contributed by atoms with Gasteiger partial charge in [0.15, 0.2) is 0 Å². The standard InChI is InChI=1S/C12H25N3O2/c1-10(2)9-17-7-3-4-15-12(16)11-8-13-5-6-14-11/h10-11,13-14H,3-9H2,1-2H3,(H,15,16). The lowest BCUT2D eigenvalue weighted by Gasteiger charge is -2.23. The number of hydrogen-bond donors (Lipinski definition) is 3. The van der Waals surface area contributed by atoms with Crippen molar-refractivity contribution in [1.29, 1.82) is 0 Å². The predicted octanol–water partition coefficient (Wildman–Crippen LogP) is -0.273. The quantitative estimate of drug-likeness (QED) is 0.539. The molecule has 100 valence electrons. The highest BCUT2D eigenvalue weighted by atomic mass is 16.5. The molecule has 0 aromatic heterocycles. The fourth-order valence-corrected chi connectivity index (χ4v) is 1.67. The summed E-state index contributed by atoms with van der Waals surface area (Å²) in [5.74, 6) is 0.656. The lowest BCUT2D eigenvalue weighted by atomic mass is 10.2. The lowest BCUT2D eigenvalue weighted by molar-refractivity contribution is -0.123. The molecule has 1 amide bonds. The molecule has 0 saturated carbocycles. The SMILES string of the molecule is CC(C)COCCCNC(=O)C1CNCCN1. The molecule has 0 bridgehead atoms. The summed E-state index contributed by atoms with van der Waals surface area (Å²) in [4.78, 5) is 11.7. The molecule has 5 nitrogen and oxygen atoms in total. The number of carbonyl (C=O) groups excluding carboxylic acids is 1. The number of carbonyl (C=O) groups is 1. The second-order valence-electron chi connectivity index (χ2n) is 4.82. The molecule has 0 radical (unpaired) electrons. The molecule has 1 rings (SSSR count). The molecule has 0 aromatic rings. The third-order valence-electron chi connectivity index (χ3n) is 2.57. The summed E-state index contributed by atoms with van der Waals surface area (Å²) in [5, 5.41) is 9.29. The Morgan fingerprint density at radius 3 is 2.94 bits per heavy atom. The van der Waals surface area contributed by atoms with Gasteiger partial charge in [-0.05, 0) is 12.3 Å². The van der Waals surface area contributed by atoms with Crippen LogP contribution in [0.3, 0.4) is 0 Å². The summed E-state index contributed by atoms with van der Waals surface area (Å²) >= 11 is 0. The largest absolute Gasteiger partial charge is 0.381 e. The molecule has 1 heterocycles. The number of amides is 1. The Morgan fingerprint density at radius 2 is 2.29 bits per heavy atom. The Labute approximate surface area is 104 Å². The summed E-state index contributed by atoms with van der Waals surface area (Å²) in [7, 11) is 0. The molecule has 1 saturated heterocycles. The molecule has 5 heteroatoms. The number of rotatable bonds is 7. The van der Waals surface area contributed by atoms with Crippen LogP contribution in [0.2, 0.25) is 0 Å². The Balaban J connectivity index is 1.96. The average Bonchev–Trinajstić information content (AvgIpc) is 2.34. The summed E-state index contributed by atoms with van der Waals surface area (Å²) in [6.45, 7) is 8.97. The van der Waals surface area contributed by atoms with Gasteiger partial charge < -0.3 is 20.7 Å². The summed E-state index contributed by atoms with van der Waals surface area (Å²) in [6.07, 6.45) is 0.874. The first-order valence-electron chi connectivity index (χ1n) is 6.49. The van der Waals surface area contributed by atoms with Crippen molar-refractivity contribution in [2.45, 2.75) is 26.3 Å². The molecule has 1 atom stereocenters. The van der Waals surface area contributed by atoms with Crippen molar-refractivity contribution < 1.29 is 9.53 Å². The highest BCUT2D eigenvalue weighted by Gasteiger charge is 2.19. The van der Waals surface area contributed by atoms with Crippen molar-refractivity contribution in [2.24, 2.45) is 5.92 Å². The van der Waals surface area contributed by atoms with Gasteiger partial charge in [-0.2, -0.15) is 0 Å². The Bertz CT molecular complexity index is 216. The normalized spacial score (nSPS) is 20.5. The van der Waals surface area contributed by atoms with Crippen LogP contribution in [0.15, 0.2) is 0 Å². The fraction of sp³-hybridized carbons (Fsp3) is 0.917. The fourth-order valence-electron chi connectivity index (χ4n) is 1.67. The zero-order valence-electron chi connectivity index (χ0n) is 10.9. The zero-order chi connectivity index (χ0) is 12.5. The van der Waals surface area contributed by atoms with E-state index in [1.807, 2.05) is 0 Å². The Morgan fingerprint density at radius 1 is 1.47 bits per heavy atom. The third kappa shape index (κ3) is 6.61. The molecular weight excluding hydrogens is 218 g/mol. The molecule has 3 N–H and O–H groups in total. The first kappa shape index (κ1) is 14.4. The van der Waals surface area contributed by atoms with Crippen molar-refractivity contribution in [2.75, 3.05) is 39.4 Å². The van der Waals surface area contributed by atoms with Crippen molar-refractivity contribution in [3.8, 4) is 0 Å². The molecule has 0 spiro atoms. The highest BCUT2D eigenvalue weighted by molar-refractivity contribution is 5.82. The predicted molar refractivity (Wildman–Crippen MR) is 67.9 cm³/mol. The monoisotopic (exact) mass is 243 g/mol. The maximum Gasteiger partial charge on any atom is 0.238 e. The Hall–Kier alpha value is -0.650. The van der Waals surface area contributed by atoms with Crippen LogP contribution < -0.4 is 16.0 Å². The number of hydrogen-bond acceptors (Lipinski definition) is 4. The van der Waals surface area contributed by atoms with Gasteiger partial charge in [0.1, 0.15) is 0 Å². The molecular formula is C12H25N3O2. The zero-order valence-corrected chi connectivity index (χ0v) is 10.9. The summed E-state index contributed by atoms with van der Waals surface area (Å²) in [6, 6.07) is -0.0830. The van der Waals surface area contributed by atoms with Crippen LogP contribution in [0.5, 0.6) is 0 Å². The van der Waals surface area contributed by atoms with Gasteiger partial charge in [-0.3, -0.25) is 4.79 Å². The number of ether oxygens (including phenoxy) is 1. The van der Waals surface area contributed by atoms with Gasteiger partial charge >= 0.3 is 0 Å². The summed E-state index contributed by atoms with van der Waals surface area (Å²) < 4.78 is 5.44. The van der Waals surface area contributed by atoms with E-state index in [1.165, 1.54) is 0 Å². The van der Waals surface area contributed by atoms with Crippen LogP contribution in [-0.2, 0) is 9.53 Å². The van der Waals surface area contributed by atoms with E-state index in [0.717, 1.165) is 39.3 Å². The highest BCUT2D eigenvalue weighted by Crippen LogP contribution is 1.93. The van der Waals surface area contributed by atoms with E-state index in [9.17, 15) is 4.79 Å². The van der Waals surface area contributed by atoms with Crippen molar-refractivity contribution in [1.82, 2.24) is 16.0 Å². The van der Waals surface area contributed by atoms with Gasteiger partial charge in [0.05, 0.1) is 6.04 Å². The van der Waals surface area contributed by atoms with Crippen LogP contribution in [-0.4, -0.2) is 51.3 Å².